The number of ether oxygens (including phenoxy) is 1. The molecule has 0 aromatic rings. The molecule has 0 spiro atoms. The van der Waals surface area contributed by atoms with Crippen LogP contribution in [0.4, 0.5) is 0 Å². The molecule has 1 unspecified atom stereocenters. The van der Waals surface area contributed by atoms with E-state index >= 15 is 0 Å². The Morgan fingerprint density at radius 2 is 2.18 bits per heavy atom. The van der Waals surface area contributed by atoms with Gasteiger partial charge in [-0.05, 0) is 13.8 Å². The first-order valence-electron chi connectivity index (χ1n) is 3.70. The van der Waals surface area contributed by atoms with E-state index in [9.17, 15) is 0 Å². The second-order valence-corrected chi connectivity index (χ2v) is 3.68. The lowest BCUT2D eigenvalue weighted by Crippen LogP contribution is -2.47. The molecule has 0 N–H and O–H groups in total. The standard InChI is InChI=1S/C7H12N2O2/c1-6(2)4-10-7(3)9(6)5-8-11-7/h5H,4H2,1-3H3. The number of rotatable bonds is 0. The summed E-state index contributed by atoms with van der Waals surface area (Å²) < 4.78 is 5.46. The predicted octanol–water partition coefficient (Wildman–Crippen LogP) is 0.744. The topological polar surface area (TPSA) is 34.1 Å². The summed E-state index contributed by atoms with van der Waals surface area (Å²) in [5, 5.41) is 3.71. The number of nitrogens with zero attached hydrogens (tertiary/aromatic N) is 2. The van der Waals surface area contributed by atoms with Crippen molar-refractivity contribution in [2.45, 2.75) is 32.2 Å². The van der Waals surface area contributed by atoms with Crippen molar-refractivity contribution in [2.24, 2.45) is 5.16 Å². The van der Waals surface area contributed by atoms with E-state index in [1.54, 1.807) is 6.34 Å². The van der Waals surface area contributed by atoms with E-state index in [1.165, 1.54) is 0 Å². The zero-order valence-corrected chi connectivity index (χ0v) is 7.00. The van der Waals surface area contributed by atoms with Gasteiger partial charge >= 0.3 is 5.91 Å². The first-order chi connectivity index (χ1) is 5.05. The summed E-state index contributed by atoms with van der Waals surface area (Å²) in [6.07, 6.45) is 1.69. The van der Waals surface area contributed by atoms with Crippen molar-refractivity contribution in [1.82, 2.24) is 4.90 Å². The first-order valence-corrected chi connectivity index (χ1v) is 3.70. The van der Waals surface area contributed by atoms with Gasteiger partial charge in [0, 0.05) is 6.92 Å². The second kappa shape index (κ2) is 1.69. The van der Waals surface area contributed by atoms with Crippen LogP contribution in [-0.4, -0.2) is 29.3 Å². The third kappa shape index (κ3) is 0.758. The summed E-state index contributed by atoms with van der Waals surface area (Å²) in [6, 6.07) is 0. The average Bonchev–Trinajstić information content (AvgIpc) is 2.36. The lowest BCUT2D eigenvalue weighted by Gasteiger charge is -2.30. The Morgan fingerprint density at radius 3 is 2.82 bits per heavy atom. The summed E-state index contributed by atoms with van der Waals surface area (Å²) in [5.74, 6) is -0.649. The Hall–Kier alpha value is -0.770. The van der Waals surface area contributed by atoms with Gasteiger partial charge in [-0.1, -0.05) is 5.16 Å². The fourth-order valence-corrected chi connectivity index (χ4v) is 1.50. The predicted molar refractivity (Wildman–Crippen MR) is 39.9 cm³/mol. The second-order valence-electron chi connectivity index (χ2n) is 3.68. The van der Waals surface area contributed by atoms with Gasteiger partial charge in [-0.25, -0.2) is 0 Å². The van der Waals surface area contributed by atoms with Gasteiger partial charge in [0.2, 0.25) is 0 Å². The molecular weight excluding hydrogens is 144 g/mol. The molecule has 1 fully saturated rings. The highest BCUT2D eigenvalue weighted by Crippen LogP contribution is 2.36. The van der Waals surface area contributed by atoms with Crippen LogP contribution in [0.5, 0.6) is 0 Å². The minimum absolute atomic E-state index is 0.00521. The minimum Gasteiger partial charge on any atom is -0.337 e. The van der Waals surface area contributed by atoms with Crippen LogP contribution in [-0.2, 0) is 9.57 Å². The SMILES string of the molecule is CC1(C)COC2(C)ON=CN12. The Kier molecular flexibility index (Phi) is 1.06. The van der Waals surface area contributed by atoms with Crippen LogP contribution < -0.4 is 0 Å². The molecule has 0 saturated carbocycles. The molecule has 1 saturated heterocycles. The number of oxime groups is 1. The van der Waals surface area contributed by atoms with Crippen molar-refractivity contribution < 1.29 is 9.57 Å². The van der Waals surface area contributed by atoms with Gasteiger partial charge < -0.3 is 9.57 Å². The van der Waals surface area contributed by atoms with E-state index in [2.05, 4.69) is 19.0 Å². The maximum atomic E-state index is 5.46. The van der Waals surface area contributed by atoms with E-state index in [-0.39, 0.29) is 5.54 Å². The van der Waals surface area contributed by atoms with E-state index < -0.39 is 5.91 Å². The van der Waals surface area contributed by atoms with E-state index in [4.69, 9.17) is 9.57 Å². The van der Waals surface area contributed by atoms with Crippen molar-refractivity contribution in [2.75, 3.05) is 6.61 Å². The molecule has 11 heavy (non-hydrogen) atoms. The highest BCUT2D eigenvalue weighted by atomic mass is 16.8. The summed E-state index contributed by atoms with van der Waals surface area (Å²) in [5.41, 5.74) is -0.00521. The molecule has 0 aromatic heterocycles. The van der Waals surface area contributed by atoms with Crippen molar-refractivity contribution in [1.29, 1.82) is 0 Å². The van der Waals surface area contributed by atoms with Crippen LogP contribution in [0.3, 0.4) is 0 Å². The largest absolute Gasteiger partial charge is 0.337 e. The fourth-order valence-electron chi connectivity index (χ4n) is 1.50. The van der Waals surface area contributed by atoms with Crippen LogP contribution in [0.2, 0.25) is 0 Å². The molecule has 4 heteroatoms. The van der Waals surface area contributed by atoms with Gasteiger partial charge in [0.05, 0.1) is 12.1 Å². The molecule has 2 aliphatic heterocycles. The van der Waals surface area contributed by atoms with Crippen LogP contribution in [0.25, 0.3) is 0 Å². The average molecular weight is 156 g/mol. The van der Waals surface area contributed by atoms with Gasteiger partial charge in [0.15, 0.2) is 0 Å². The van der Waals surface area contributed by atoms with E-state index in [0.29, 0.717) is 6.61 Å². The first kappa shape index (κ1) is 6.91. The fraction of sp³-hybridized carbons (Fsp3) is 0.857. The minimum atomic E-state index is -0.649. The molecule has 0 aromatic carbocycles. The third-order valence-corrected chi connectivity index (χ3v) is 2.17. The molecule has 62 valence electrons. The molecule has 0 bridgehead atoms. The molecule has 0 aliphatic carbocycles. The Balaban J connectivity index is 2.32. The van der Waals surface area contributed by atoms with Gasteiger partial charge in [0.1, 0.15) is 6.34 Å². The van der Waals surface area contributed by atoms with Crippen molar-refractivity contribution >= 4 is 6.34 Å². The Bertz CT molecular complexity index is 214. The highest BCUT2D eigenvalue weighted by Gasteiger charge is 2.52. The lowest BCUT2D eigenvalue weighted by molar-refractivity contribution is -0.230. The zero-order valence-electron chi connectivity index (χ0n) is 7.00. The monoisotopic (exact) mass is 156 g/mol. The van der Waals surface area contributed by atoms with Crippen LogP contribution in [0, 0.1) is 0 Å². The maximum absolute atomic E-state index is 5.46. The molecule has 4 nitrogen and oxygen atoms in total. The molecule has 0 radical (unpaired) electrons. The summed E-state index contributed by atoms with van der Waals surface area (Å²) >= 11 is 0. The quantitative estimate of drug-likeness (QED) is 0.519. The smallest absolute Gasteiger partial charge is 0.317 e. The molecule has 1 atom stereocenters. The highest BCUT2D eigenvalue weighted by molar-refractivity contribution is 5.58. The Labute approximate surface area is 65.8 Å². The van der Waals surface area contributed by atoms with Crippen molar-refractivity contribution in [3.63, 3.8) is 0 Å². The number of hydrogen-bond donors (Lipinski definition) is 0. The normalized spacial score (nSPS) is 39.0. The van der Waals surface area contributed by atoms with Crippen molar-refractivity contribution in [3.8, 4) is 0 Å². The molecule has 2 rings (SSSR count). The number of fused-ring (bicyclic) bond motifs is 1. The van der Waals surface area contributed by atoms with Gasteiger partial charge in [-0.15, -0.1) is 0 Å². The zero-order chi connectivity index (χ0) is 8.11. The lowest BCUT2D eigenvalue weighted by atomic mass is 10.1. The van der Waals surface area contributed by atoms with Crippen LogP contribution >= 0.6 is 0 Å². The maximum Gasteiger partial charge on any atom is 0.317 e. The summed E-state index contributed by atoms with van der Waals surface area (Å²) in [7, 11) is 0. The van der Waals surface area contributed by atoms with Gasteiger partial charge in [-0.2, -0.15) is 0 Å². The molecule has 0 amide bonds. The molecular formula is C7H12N2O2. The van der Waals surface area contributed by atoms with Gasteiger partial charge in [0.25, 0.3) is 0 Å². The summed E-state index contributed by atoms with van der Waals surface area (Å²) in [6.45, 7) is 6.74. The summed E-state index contributed by atoms with van der Waals surface area (Å²) in [4.78, 5) is 7.06. The number of hydrogen-bond acceptors (Lipinski definition) is 4. The van der Waals surface area contributed by atoms with E-state index in [1.807, 2.05) is 11.8 Å². The molecule has 2 heterocycles. The van der Waals surface area contributed by atoms with E-state index in [0.717, 1.165) is 0 Å². The van der Waals surface area contributed by atoms with Gasteiger partial charge in [-0.3, -0.25) is 4.90 Å². The van der Waals surface area contributed by atoms with Crippen LogP contribution in [0.1, 0.15) is 20.8 Å². The van der Waals surface area contributed by atoms with Crippen LogP contribution in [0.15, 0.2) is 5.16 Å². The molecule has 2 aliphatic rings. The van der Waals surface area contributed by atoms with Crippen molar-refractivity contribution in [3.05, 3.63) is 0 Å². The Morgan fingerprint density at radius 1 is 1.45 bits per heavy atom. The third-order valence-electron chi connectivity index (χ3n) is 2.17.